The van der Waals surface area contributed by atoms with Crippen molar-refractivity contribution in [1.82, 2.24) is 5.09 Å². The van der Waals surface area contributed by atoms with Gasteiger partial charge >= 0.3 is 13.7 Å². The lowest BCUT2D eigenvalue weighted by Gasteiger charge is -2.25. The fourth-order valence-corrected chi connectivity index (χ4v) is 4.32. The minimum atomic E-state index is -3.94. The zero-order valence-electron chi connectivity index (χ0n) is 17.3. The molecule has 0 aliphatic carbocycles. The Kier molecular flexibility index (Phi) is 9.59. The highest BCUT2D eigenvalue weighted by Gasteiger charge is 2.36. The second-order valence-corrected chi connectivity index (χ2v) is 8.90. The third kappa shape index (κ3) is 8.07. The number of ether oxygens (including phenoxy) is 2. The summed E-state index contributed by atoms with van der Waals surface area (Å²) in [5.41, 5.74) is 0. The number of carbonyl (C=O) groups is 1. The van der Waals surface area contributed by atoms with Gasteiger partial charge in [-0.1, -0.05) is 38.0 Å². The van der Waals surface area contributed by atoms with Gasteiger partial charge in [0.25, 0.3) is 0 Å². The van der Waals surface area contributed by atoms with Gasteiger partial charge in [0.2, 0.25) is 0 Å². The summed E-state index contributed by atoms with van der Waals surface area (Å²) in [6, 6.07) is 7.62. The van der Waals surface area contributed by atoms with Crippen molar-refractivity contribution < 1.29 is 33.0 Å². The molecule has 0 spiro atoms. The number of unbranched alkanes of at least 4 members (excludes halogenated alkanes) is 1. The van der Waals surface area contributed by atoms with E-state index < -0.39 is 32.0 Å². The predicted molar refractivity (Wildman–Crippen MR) is 109 cm³/mol. The van der Waals surface area contributed by atoms with Gasteiger partial charge in [0.15, 0.2) is 0 Å². The van der Waals surface area contributed by atoms with Crippen LogP contribution in [-0.4, -0.2) is 48.6 Å². The molecule has 0 aromatic heterocycles. The number of aliphatic hydroxyl groups excluding tert-OH is 1. The number of hydrogen-bond acceptors (Lipinski definition) is 7. The smallest absolute Gasteiger partial charge is 0.459 e. The third-order valence-electron chi connectivity index (χ3n) is 4.54. The van der Waals surface area contributed by atoms with Gasteiger partial charge in [0.1, 0.15) is 17.9 Å². The maximum atomic E-state index is 13.3. The lowest BCUT2D eigenvalue weighted by atomic mass is 10.2. The minimum absolute atomic E-state index is 0.132. The Balaban J connectivity index is 2.01. The number of benzene rings is 1. The van der Waals surface area contributed by atoms with Crippen molar-refractivity contribution >= 4 is 13.7 Å². The number of rotatable bonds is 12. The average Bonchev–Trinajstić information content (AvgIpc) is 3.10. The fraction of sp³-hybridized carbons (Fsp3) is 0.650. The van der Waals surface area contributed by atoms with Crippen molar-refractivity contribution in [3.8, 4) is 5.75 Å². The lowest BCUT2D eigenvalue weighted by molar-refractivity contribution is -0.150. The van der Waals surface area contributed by atoms with Crippen LogP contribution in [0.15, 0.2) is 30.3 Å². The third-order valence-corrected chi connectivity index (χ3v) is 6.18. The van der Waals surface area contributed by atoms with Gasteiger partial charge in [-0.2, -0.15) is 5.09 Å². The molecule has 1 aromatic carbocycles. The van der Waals surface area contributed by atoms with E-state index in [-0.39, 0.29) is 12.7 Å². The lowest BCUT2D eigenvalue weighted by Crippen LogP contribution is -2.37. The molecule has 2 N–H and O–H groups in total. The maximum Gasteiger partial charge on any atom is 0.459 e. The molecule has 1 heterocycles. The molecule has 164 valence electrons. The van der Waals surface area contributed by atoms with E-state index in [9.17, 15) is 14.5 Å². The summed E-state index contributed by atoms with van der Waals surface area (Å²) >= 11 is 0. The zero-order valence-corrected chi connectivity index (χ0v) is 18.2. The number of carbonyl (C=O) groups excluding carboxylic acids is 1. The summed E-state index contributed by atoms with van der Waals surface area (Å²) in [5.74, 6) is -0.209. The van der Waals surface area contributed by atoms with Crippen molar-refractivity contribution in [2.45, 2.75) is 70.8 Å². The van der Waals surface area contributed by atoms with Gasteiger partial charge in [-0.25, -0.2) is 4.57 Å². The van der Waals surface area contributed by atoms with Gasteiger partial charge < -0.3 is 19.1 Å². The van der Waals surface area contributed by atoms with E-state index in [0.717, 1.165) is 19.3 Å². The molecule has 9 heteroatoms. The maximum absolute atomic E-state index is 13.3. The van der Waals surface area contributed by atoms with Gasteiger partial charge in [0.05, 0.1) is 18.8 Å². The zero-order chi connectivity index (χ0) is 21.3. The van der Waals surface area contributed by atoms with Crippen LogP contribution in [0.1, 0.15) is 46.5 Å². The molecule has 1 aromatic rings. The number of hydrogen-bond donors (Lipinski definition) is 2. The highest BCUT2D eigenvalue weighted by molar-refractivity contribution is 7.52. The van der Waals surface area contributed by atoms with Crippen molar-refractivity contribution in [1.29, 1.82) is 0 Å². The molecule has 29 heavy (non-hydrogen) atoms. The first kappa shape index (κ1) is 23.8. The summed E-state index contributed by atoms with van der Waals surface area (Å²) in [6.45, 7) is 5.71. The SMILES string of the molecule is CCCCC(C)OC(=O)[C@H](C)NP(=O)(OCC1OCC[C@H]1O)Oc1ccccc1. The first-order valence-corrected chi connectivity index (χ1v) is 11.6. The van der Waals surface area contributed by atoms with Crippen molar-refractivity contribution in [2.24, 2.45) is 0 Å². The Morgan fingerprint density at radius 2 is 2.07 bits per heavy atom. The first-order chi connectivity index (χ1) is 13.8. The molecule has 1 saturated heterocycles. The van der Waals surface area contributed by atoms with Gasteiger partial charge in [0, 0.05) is 6.61 Å². The minimum Gasteiger partial charge on any atom is -0.462 e. The van der Waals surface area contributed by atoms with Gasteiger partial charge in [-0.05, 0) is 38.8 Å². The van der Waals surface area contributed by atoms with Crippen LogP contribution in [0.4, 0.5) is 0 Å². The topological polar surface area (TPSA) is 103 Å². The Labute approximate surface area is 172 Å². The van der Waals surface area contributed by atoms with E-state index in [0.29, 0.717) is 18.8 Å². The summed E-state index contributed by atoms with van der Waals surface area (Å²) in [7, 11) is -3.94. The van der Waals surface area contributed by atoms with Crippen LogP contribution in [-0.2, 0) is 23.4 Å². The van der Waals surface area contributed by atoms with E-state index >= 15 is 0 Å². The van der Waals surface area contributed by atoms with E-state index in [1.807, 2.05) is 6.92 Å². The van der Waals surface area contributed by atoms with Crippen LogP contribution < -0.4 is 9.61 Å². The molecule has 1 aliphatic heterocycles. The van der Waals surface area contributed by atoms with Crippen LogP contribution in [0.25, 0.3) is 0 Å². The molecular weight excluding hydrogens is 397 g/mol. The largest absolute Gasteiger partial charge is 0.462 e. The second-order valence-electron chi connectivity index (χ2n) is 7.20. The summed E-state index contributed by atoms with van der Waals surface area (Å²) in [4.78, 5) is 12.4. The van der Waals surface area contributed by atoms with Crippen LogP contribution in [0.5, 0.6) is 5.75 Å². The molecule has 1 fully saturated rings. The van der Waals surface area contributed by atoms with E-state index in [2.05, 4.69) is 12.0 Å². The van der Waals surface area contributed by atoms with Crippen molar-refractivity contribution in [3.63, 3.8) is 0 Å². The highest BCUT2D eigenvalue weighted by Crippen LogP contribution is 2.45. The quantitative estimate of drug-likeness (QED) is 0.385. The molecule has 1 aliphatic rings. The van der Waals surface area contributed by atoms with E-state index in [1.54, 1.807) is 37.3 Å². The summed E-state index contributed by atoms with van der Waals surface area (Å²) in [5, 5.41) is 12.5. The fourth-order valence-electron chi connectivity index (χ4n) is 2.82. The van der Waals surface area contributed by atoms with Crippen LogP contribution >= 0.6 is 7.75 Å². The Morgan fingerprint density at radius 1 is 1.34 bits per heavy atom. The molecule has 0 bridgehead atoms. The molecule has 0 amide bonds. The van der Waals surface area contributed by atoms with Crippen LogP contribution in [0.2, 0.25) is 0 Å². The number of para-hydroxylation sites is 1. The average molecular weight is 429 g/mol. The van der Waals surface area contributed by atoms with Crippen LogP contribution in [0, 0.1) is 0 Å². The Morgan fingerprint density at radius 3 is 2.69 bits per heavy atom. The van der Waals surface area contributed by atoms with Crippen molar-refractivity contribution in [3.05, 3.63) is 30.3 Å². The van der Waals surface area contributed by atoms with E-state index in [1.165, 1.54) is 0 Å². The molecule has 3 unspecified atom stereocenters. The molecule has 8 nitrogen and oxygen atoms in total. The number of aliphatic hydroxyl groups is 1. The normalized spacial score (nSPS) is 23.2. The standard InChI is InChI=1S/C20H32NO7P/c1-4-5-9-15(2)27-20(23)16(3)21-29(24,28-17-10-7-6-8-11-17)26-14-19-18(22)12-13-25-19/h6-8,10-11,15-16,18-19,22H,4-5,9,12-14H2,1-3H3,(H,21,24)/t15?,16-,18+,19?,29?/m0/s1. The van der Waals surface area contributed by atoms with Crippen LogP contribution in [0.3, 0.4) is 0 Å². The first-order valence-electron chi connectivity index (χ1n) is 10.1. The summed E-state index contributed by atoms with van der Waals surface area (Å²) in [6.07, 6.45) is 1.70. The van der Waals surface area contributed by atoms with Crippen molar-refractivity contribution in [2.75, 3.05) is 13.2 Å². The van der Waals surface area contributed by atoms with E-state index in [4.69, 9.17) is 18.5 Å². The number of nitrogens with one attached hydrogen (secondary N) is 1. The predicted octanol–water partition coefficient (Wildman–Crippen LogP) is 3.44. The second kappa shape index (κ2) is 11.7. The molecule has 5 atom stereocenters. The summed E-state index contributed by atoms with van der Waals surface area (Å²) < 4.78 is 35.2. The Bertz CT molecular complexity index is 672. The van der Waals surface area contributed by atoms with Gasteiger partial charge in [-0.3, -0.25) is 9.32 Å². The molecule has 2 rings (SSSR count). The number of esters is 1. The molecule has 0 saturated carbocycles. The molecule has 0 radical (unpaired) electrons. The monoisotopic (exact) mass is 429 g/mol. The van der Waals surface area contributed by atoms with Gasteiger partial charge in [-0.15, -0.1) is 0 Å². The Hall–Kier alpha value is -1.44. The highest BCUT2D eigenvalue weighted by atomic mass is 31.2. The molecular formula is C20H32NO7P.